The molecule has 0 unspecified atom stereocenters. The van der Waals surface area contributed by atoms with Crippen molar-refractivity contribution in [3.63, 3.8) is 0 Å². The van der Waals surface area contributed by atoms with Gasteiger partial charge in [0.05, 0.1) is 6.54 Å². The molecule has 1 saturated heterocycles. The van der Waals surface area contributed by atoms with Crippen molar-refractivity contribution in [2.75, 3.05) is 19.6 Å². The minimum atomic E-state index is -0.396. The fourth-order valence-corrected chi connectivity index (χ4v) is 1.65. The lowest BCUT2D eigenvalue weighted by Gasteiger charge is -2.18. The maximum atomic E-state index is 11.5. The molecule has 0 spiro atoms. The topological polar surface area (TPSA) is 66.6 Å². The van der Waals surface area contributed by atoms with Gasteiger partial charge in [0.2, 0.25) is 11.8 Å². The van der Waals surface area contributed by atoms with Crippen molar-refractivity contribution in [3.05, 3.63) is 12.7 Å². The fourth-order valence-electron chi connectivity index (χ4n) is 1.32. The Morgan fingerprint density at radius 3 is 2.87 bits per heavy atom. The minimum Gasteiger partial charge on any atom is -0.370 e. The predicted octanol–water partition coefficient (Wildman–Crippen LogP) is -0.523. The predicted molar refractivity (Wildman–Crippen MR) is 59.9 cm³/mol. The van der Waals surface area contributed by atoms with E-state index in [1.807, 2.05) is 0 Å². The highest BCUT2D eigenvalue weighted by atomic mass is 32.1. The van der Waals surface area contributed by atoms with E-state index in [9.17, 15) is 9.59 Å². The maximum absolute atomic E-state index is 11.5. The van der Waals surface area contributed by atoms with Gasteiger partial charge in [0.1, 0.15) is 0 Å². The van der Waals surface area contributed by atoms with E-state index in [2.05, 4.69) is 6.58 Å². The van der Waals surface area contributed by atoms with Crippen LogP contribution in [0.5, 0.6) is 0 Å². The van der Waals surface area contributed by atoms with Crippen LogP contribution in [0.3, 0.4) is 0 Å². The molecule has 0 aromatic heterocycles. The van der Waals surface area contributed by atoms with E-state index in [-0.39, 0.29) is 18.9 Å². The molecule has 15 heavy (non-hydrogen) atoms. The van der Waals surface area contributed by atoms with Crippen molar-refractivity contribution in [1.29, 1.82) is 0 Å². The number of carbonyl (C=O) groups excluding carboxylic acids is 2. The van der Waals surface area contributed by atoms with Gasteiger partial charge in [-0.15, -0.1) is 6.58 Å². The summed E-state index contributed by atoms with van der Waals surface area (Å²) < 4.78 is 0. The summed E-state index contributed by atoms with van der Waals surface area (Å²) in [4.78, 5) is 25.2. The first-order valence-electron chi connectivity index (χ1n) is 4.54. The van der Waals surface area contributed by atoms with E-state index in [1.54, 1.807) is 11.0 Å². The number of nitrogens with zero attached hydrogens (tertiary/aromatic N) is 2. The number of primary amides is 1. The summed E-state index contributed by atoms with van der Waals surface area (Å²) in [6.07, 6.45) is 1.82. The van der Waals surface area contributed by atoms with E-state index >= 15 is 0 Å². The monoisotopic (exact) mass is 227 g/mol. The Balaban J connectivity index is 2.56. The summed E-state index contributed by atoms with van der Waals surface area (Å²) in [6.45, 7) is 4.57. The van der Waals surface area contributed by atoms with E-state index in [0.717, 1.165) is 0 Å². The Labute approximate surface area is 93.5 Å². The molecule has 0 aromatic rings. The molecule has 82 valence electrons. The summed E-state index contributed by atoms with van der Waals surface area (Å²) in [5.74, 6) is -0.461. The van der Waals surface area contributed by atoms with Crippen LogP contribution in [-0.4, -0.2) is 46.4 Å². The first kappa shape index (κ1) is 11.6. The lowest BCUT2D eigenvalue weighted by molar-refractivity contribution is -0.125. The zero-order valence-corrected chi connectivity index (χ0v) is 9.13. The first-order chi connectivity index (χ1) is 7.06. The third-order valence-electron chi connectivity index (χ3n) is 2.07. The molecule has 0 radical (unpaired) electrons. The largest absolute Gasteiger partial charge is 0.370 e. The molecule has 1 fully saturated rings. The third kappa shape index (κ3) is 2.76. The van der Waals surface area contributed by atoms with Crippen LogP contribution in [0.2, 0.25) is 0 Å². The van der Waals surface area contributed by atoms with Crippen LogP contribution >= 0.6 is 12.2 Å². The number of rotatable bonds is 5. The first-order valence-corrected chi connectivity index (χ1v) is 4.95. The van der Waals surface area contributed by atoms with Crippen LogP contribution in [0.25, 0.3) is 0 Å². The zero-order chi connectivity index (χ0) is 11.4. The number of carbonyl (C=O) groups is 2. The molecular weight excluding hydrogens is 214 g/mol. The molecule has 6 heteroatoms. The Morgan fingerprint density at radius 1 is 1.67 bits per heavy atom. The fraction of sp³-hybridized carbons (Fsp3) is 0.444. The summed E-state index contributed by atoms with van der Waals surface area (Å²) in [6, 6.07) is 0. The van der Waals surface area contributed by atoms with E-state index in [4.69, 9.17) is 18.0 Å². The van der Waals surface area contributed by atoms with E-state index < -0.39 is 5.91 Å². The Kier molecular flexibility index (Phi) is 3.79. The van der Waals surface area contributed by atoms with Crippen molar-refractivity contribution in [1.82, 2.24) is 9.80 Å². The summed E-state index contributed by atoms with van der Waals surface area (Å²) in [5.41, 5.74) is 5.02. The summed E-state index contributed by atoms with van der Waals surface area (Å²) in [5, 5.41) is 0.446. The van der Waals surface area contributed by atoms with Crippen molar-refractivity contribution in [3.8, 4) is 0 Å². The standard InChI is InChI=1S/C9H13N3O2S/c1-2-4-12-8(14)6-11(9(12)15)5-3-7(10)13/h2H,1,3-6H2,(H2,10,13). The van der Waals surface area contributed by atoms with Gasteiger partial charge in [-0.2, -0.15) is 0 Å². The molecule has 5 nitrogen and oxygen atoms in total. The van der Waals surface area contributed by atoms with Crippen LogP contribution in [0.1, 0.15) is 6.42 Å². The molecule has 0 atom stereocenters. The highest BCUT2D eigenvalue weighted by molar-refractivity contribution is 7.80. The maximum Gasteiger partial charge on any atom is 0.248 e. The van der Waals surface area contributed by atoms with Crippen molar-refractivity contribution in [2.24, 2.45) is 5.73 Å². The van der Waals surface area contributed by atoms with Gasteiger partial charge >= 0.3 is 0 Å². The van der Waals surface area contributed by atoms with Gasteiger partial charge in [0, 0.05) is 19.5 Å². The van der Waals surface area contributed by atoms with Crippen LogP contribution in [0.15, 0.2) is 12.7 Å². The van der Waals surface area contributed by atoms with Crippen LogP contribution in [0, 0.1) is 0 Å². The molecule has 0 bridgehead atoms. The third-order valence-corrected chi connectivity index (χ3v) is 2.55. The lowest BCUT2D eigenvalue weighted by Crippen LogP contribution is -2.34. The highest BCUT2D eigenvalue weighted by Crippen LogP contribution is 2.10. The number of thiocarbonyl (C=S) groups is 1. The second-order valence-electron chi connectivity index (χ2n) is 3.21. The van der Waals surface area contributed by atoms with Crippen molar-refractivity contribution in [2.45, 2.75) is 6.42 Å². The van der Waals surface area contributed by atoms with E-state index in [1.165, 1.54) is 4.90 Å². The molecular formula is C9H13N3O2S. The van der Waals surface area contributed by atoms with Gasteiger partial charge in [0.25, 0.3) is 0 Å². The Hall–Kier alpha value is -1.43. The molecule has 1 rings (SSSR count). The average molecular weight is 227 g/mol. The SMILES string of the molecule is C=CCN1C(=O)CN(CCC(N)=O)C1=S. The molecule has 0 aliphatic carbocycles. The molecule has 0 aromatic carbocycles. The normalized spacial score (nSPS) is 16.0. The smallest absolute Gasteiger partial charge is 0.248 e. The minimum absolute atomic E-state index is 0.0654. The van der Waals surface area contributed by atoms with Gasteiger partial charge in [-0.1, -0.05) is 6.08 Å². The van der Waals surface area contributed by atoms with Crippen LogP contribution in [-0.2, 0) is 9.59 Å². The number of hydrogen-bond donors (Lipinski definition) is 1. The average Bonchev–Trinajstić information content (AvgIpc) is 2.43. The summed E-state index contributed by atoms with van der Waals surface area (Å²) >= 11 is 5.09. The van der Waals surface area contributed by atoms with Crippen molar-refractivity contribution < 1.29 is 9.59 Å². The second kappa shape index (κ2) is 4.88. The van der Waals surface area contributed by atoms with Crippen LogP contribution in [0.4, 0.5) is 0 Å². The van der Waals surface area contributed by atoms with Crippen LogP contribution < -0.4 is 5.73 Å². The number of hydrogen-bond acceptors (Lipinski definition) is 3. The summed E-state index contributed by atoms with van der Waals surface area (Å²) in [7, 11) is 0. The van der Waals surface area contributed by atoms with E-state index in [0.29, 0.717) is 18.2 Å². The van der Waals surface area contributed by atoms with Gasteiger partial charge < -0.3 is 10.6 Å². The van der Waals surface area contributed by atoms with Gasteiger partial charge in [0.15, 0.2) is 5.11 Å². The molecule has 1 heterocycles. The molecule has 1 aliphatic heterocycles. The van der Waals surface area contributed by atoms with Gasteiger partial charge in [-0.3, -0.25) is 14.5 Å². The molecule has 0 saturated carbocycles. The quantitative estimate of drug-likeness (QED) is 0.507. The molecule has 2 amide bonds. The lowest BCUT2D eigenvalue weighted by atomic mass is 10.4. The van der Waals surface area contributed by atoms with Crippen molar-refractivity contribution >= 4 is 29.1 Å². The molecule has 2 N–H and O–H groups in total. The number of amides is 2. The number of nitrogens with two attached hydrogens (primary N) is 1. The van der Waals surface area contributed by atoms with Gasteiger partial charge in [-0.25, -0.2) is 0 Å². The highest BCUT2D eigenvalue weighted by Gasteiger charge is 2.31. The zero-order valence-electron chi connectivity index (χ0n) is 8.31. The Bertz CT molecular complexity index is 316. The Morgan fingerprint density at radius 2 is 2.33 bits per heavy atom. The second-order valence-corrected chi connectivity index (χ2v) is 3.58. The van der Waals surface area contributed by atoms with Gasteiger partial charge in [-0.05, 0) is 12.2 Å². The molecule has 1 aliphatic rings.